The van der Waals surface area contributed by atoms with Gasteiger partial charge in [-0.05, 0) is 0 Å². The molecule has 1 aromatic heterocycles. The van der Waals surface area contributed by atoms with Crippen molar-refractivity contribution in [1.29, 1.82) is 0 Å². The molecule has 1 aliphatic heterocycles. The fourth-order valence-electron chi connectivity index (χ4n) is 2.04. The standard InChI is InChI=1S/C9H14N4O2.C2H6/c1-10-5-11(2)7-6(10)8(14)13(4)9(15)12(7)3;1-2/h5H2,1-4H3;1-2H3. The van der Waals surface area contributed by atoms with Crippen molar-refractivity contribution in [2.75, 3.05) is 30.6 Å². The second-order valence-corrected chi connectivity index (χ2v) is 3.92. The van der Waals surface area contributed by atoms with Gasteiger partial charge >= 0.3 is 5.69 Å². The van der Waals surface area contributed by atoms with Crippen LogP contribution in [0, 0.1) is 0 Å². The second-order valence-electron chi connectivity index (χ2n) is 3.92. The van der Waals surface area contributed by atoms with Gasteiger partial charge in [-0.25, -0.2) is 4.79 Å². The van der Waals surface area contributed by atoms with Crippen LogP contribution in [-0.4, -0.2) is 29.9 Å². The maximum atomic E-state index is 11.9. The molecule has 0 atom stereocenters. The van der Waals surface area contributed by atoms with Gasteiger partial charge in [0.05, 0.1) is 6.67 Å². The van der Waals surface area contributed by atoms with Crippen LogP contribution in [0.15, 0.2) is 9.59 Å². The maximum absolute atomic E-state index is 11.9. The van der Waals surface area contributed by atoms with Crippen LogP contribution in [0.2, 0.25) is 0 Å². The van der Waals surface area contributed by atoms with Crippen molar-refractivity contribution < 1.29 is 0 Å². The first-order valence-corrected chi connectivity index (χ1v) is 5.67. The zero-order chi connectivity index (χ0) is 13.3. The molecule has 17 heavy (non-hydrogen) atoms. The smallest absolute Gasteiger partial charge is 0.332 e. The van der Waals surface area contributed by atoms with Gasteiger partial charge in [0.25, 0.3) is 5.56 Å². The predicted molar refractivity (Wildman–Crippen MR) is 69.9 cm³/mol. The van der Waals surface area contributed by atoms with Crippen molar-refractivity contribution >= 4 is 11.5 Å². The molecule has 96 valence electrons. The van der Waals surface area contributed by atoms with Crippen molar-refractivity contribution in [3.63, 3.8) is 0 Å². The normalized spacial score (nSPS) is 13.3. The third-order valence-electron chi connectivity index (χ3n) is 2.78. The Kier molecular flexibility index (Phi) is 3.65. The first-order chi connectivity index (χ1) is 7.95. The first-order valence-electron chi connectivity index (χ1n) is 5.67. The van der Waals surface area contributed by atoms with Crippen LogP contribution in [0.4, 0.5) is 11.5 Å². The van der Waals surface area contributed by atoms with Gasteiger partial charge in [0.2, 0.25) is 0 Å². The summed E-state index contributed by atoms with van der Waals surface area (Å²) in [5.74, 6) is 0.686. The average molecular weight is 240 g/mol. The summed E-state index contributed by atoms with van der Waals surface area (Å²) < 4.78 is 2.63. The molecule has 0 aromatic carbocycles. The molecular weight excluding hydrogens is 220 g/mol. The highest BCUT2D eigenvalue weighted by Gasteiger charge is 2.27. The number of hydrogen-bond acceptors (Lipinski definition) is 4. The Balaban J connectivity index is 0.000000686. The lowest BCUT2D eigenvalue weighted by molar-refractivity contribution is 0.689. The van der Waals surface area contributed by atoms with Gasteiger partial charge in [0, 0.05) is 28.2 Å². The van der Waals surface area contributed by atoms with Crippen LogP contribution in [-0.2, 0) is 14.1 Å². The fraction of sp³-hybridized carbons (Fsp3) is 0.636. The molecule has 1 aromatic rings. The third kappa shape index (κ3) is 1.83. The summed E-state index contributed by atoms with van der Waals surface area (Å²) >= 11 is 0. The Morgan fingerprint density at radius 2 is 1.41 bits per heavy atom. The van der Waals surface area contributed by atoms with Crippen LogP contribution in [0.25, 0.3) is 0 Å². The van der Waals surface area contributed by atoms with E-state index in [2.05, 4.69) is 0 Å². The van der Waals surface area contributed by atoms with E-state index in [4.69, 9.17) is 0 Å². The topological polar surface area (TPSA) is 50.5 Å². The number of anilines is 2. The Bertz CT molecular complexity index is 529. The van der Waals surface area contributed by atoms with Gasteiger partial charge in [-0.2, -0.15) is 0 Å². The Morgan fingerprint density at radius 3 is 1.94 bits per heavy atom. The molecule has 0 saturated heterocycles. The zero-order valence-electron chi connectivity index (χ0n) is 11.3. The maximum Gasteiger partial charge on any atom is 0.332 e. The molecule has 2 rings (SSSR count). The van der Waals surface area contributed by atoms with Gasteiger partial charge in [0.15, 0.2) is 0 Å². The van der Waals surface area contributed by atoms with E-state index < -0.39 is 0 Å². The van der Waals surface area contributed by atoms with Crippen molar-refractivity contribution in [2.45, 2.75) is 13.8 Å². The lowest BCUT2D eigenvalue weighted by Gasteiger charge is -2.13. The molecule has 0 saturated carbocycles. The van der Waals surface area contributed by atoms with Gasteiger partial charge in [-0.15, -0.1) is 0 Å². The number of hydrogen-bond donors (Lipinski definition) is 0. The van der Waals surface area contributed by atoms with Crippen molar-refractivity contribution in [3.05, 3.63) is 20.8 Å². The molecule has 2 heterocycles. The molecule has 0 aliphatic carbocycles. The van der Waals surface area contributed by atoms with Crippen LogP contribution >= 0.6 is 0 Å². The molecule has 1 aliphatic rings. The highest BCUT2D eigenvalue weighted by molar-refractivity contribution is 5.71. The molecule has 0 radical (unpaired) electrons. The van der Waals surface area contributed by atoms with E-state index in [0.29, 0.717) is 18.2 Å². The Morgan fingerprint density at radius 1 is 0.882 bits per heavy atom. The molecule has 0 spiro atoms. The predicted octanol–water partition coefficient (Wildman–Crippen LogP) is -0.0463. The van der Waals surface area contributed by atoms with Crippen molar-refractivity contribution in [3.8, 4) is 0 Å². The number of fused-ring (bicyclic) bond motifs is 1. The molecule has 0 fully saturated rings. The van der Waals surface area contributed by atoms with Gasteiger partial charge in [-0.3, -0.25) is 13.9 Å². The molecular formula is C11H20N4O2. The highest BCUT2D eigenvalue weighted by atomic mass is 16.2. The number of rotatable bonds is 0. The fourth-order valence-corrected chi connectivity index (χ4v) is 2.04. The van der Waals surface area contributed by atoms with Gasteiger partial charge in [-0.1, -0.05) is 13.8 Å². The van der Waals surface area contributed by atoms with Gasteiger partial charge in [0.1, 0.15) is 11.5 Å². The Hall–Kier alpha value is -1.72. The molecule has 0 amide bonds. The van der Waals surface area contributed by atoms with Crippen LogP contribution in [0.1, 0.15) is 13.8 Å². The highest BCUT2D eigenvalue weighted by Crippen LogP contribution is 2.27. The largest absolute Gasteiger partial charge is 0.349 e. The Labute approximate surface area is 101 Å². The second kappa shape index (κ2) is 4.65. The van der Waals surface area contributed by atoms with Crippen LogP contribution in [0.3, 0.4) is 0 Å². The average Bonchev–Trinajstić information content (AvgIpc) is 2.61. The van der Waals surface area contributed by atoms with E-state index in [1.807, 2.05) is 37.7 Å². The van der Waals surface area contributed by atoms with Crippen LogP contribution < -0.4 is 21.0 Å². The number of aromatic nitrogens is 2. The van der Waals surface area contributed by atoms with Crippen LogP contribution in [0.5, 0.6) is 0 Å². The van der Waals surface area contributed by atoms with E-state index in [1.54, 1.807) is 7.05 Å². The molecule has 0 N–H and O–H groups in total. The number of nitrogens with zero attached hydrogens (tertiary/aromatic N) is 4. The summed E-state index contributed by atoms with van der Waals surface area (Å²) in [7, 11) is 6.88. The minimum atomic E-state index is -0.291. The molecule has 6 heteroatoms. The summed E-state index contributed by atoms with van der Waals surface area (Å²) in [6.45, 7) is 4.63. The lowest BCUT2D eigenvalue weighted by Crippen LogP contribution is -2.38. The quantitative estimate of drug-likeness (QED) is 0.638. The summed E-state index contributed by atoms with van der Waals surface area (Å²) in [6, 6.07) is 0. The summed E-state index contributed by atoms with van der Waals surface area (Å²) in [5.41, 5.74) is 0.0583. The summed E-state index contributed by atoms with van der Waals surface area (Å²) in [5, 5.41) is 0. The first kappa shape index (κ1) is 13.3. The van der Waals surface area contributed by atoms with E-state index in [-0.39, 0.29) is 11.2 Å². The SMILES string of the molecule is CC.CN1CN(C)c2c1c(=O)n(C)c(=O)n2C. The van der Waals surface area contributed by atoms with E-state index >= 15 is 0 Å². The summed E-state index contributed by atoms with van der Waals surface area (Å²) in [6.07, 6.45) is 0. The molecule has 6 nitrogen and oxygen atoms in total. The molecule has 0 unspecified atom stereocenters. The van der Waals surface area contributed by atoms with E-state index in [1.165, 1.54) is 11.6 Å². The van der Waals surface area contributed by atoms with E-state index in [0.717, 1.165) is 4.57 Å². The van der Waals surface area contributed by atoms with E-state index in [9.17, 15) is 9.59 Å². The monoisotopic (exact) mass is 240 g/mol. The minimum absolute atomic E-state index is 0.236. The van der Waals surface area contributed by atoms with Gasteiger partial charge < -0.3 is 9.80 Å². The minimum Gasteiger partial charge on any atom is -0.349 e. The zero-order valence-corrected chi connectivity index (χ0v) is 11.3. The molecule has 0 bridgehead atoms. The van der Waals surface area contributed by atoms with Crippen molar-refractivity contribution in [1.82, 2.24) is 9.13 Å². The van der Waals surface area contributed by atoms with Crippen molar-refractivity contribution in [2.24, 2.45) is 14.1 Å². The third-order valence-corrected chi connectivity index (χ3v) is 2.78. The lowest BCUT2D eigenvalue weighted by atomic mass is 10.4. The summed E-state index contributed by atoms with van der Waals surface area (Å²) in [4.78, 5) is 27.3.